The zero-order valence-electron chi connectivity index (χ0n) is 13.5. The van der Waals surface area contributed by atoms with Crippen LogP contribution in [0.25, 0.3) is 5.82 Å². The molecule has 1 N–H and O–H groups in total. The molecule has 4 heterocycles. The number of aromatic nitrogens is 3. The molecule has 1 amide bonds. The number of carbonyl (C=O) groups is 1. The number of aliphatic hydroxyl groups is 1. The minimum atomic E-state index is -0.469. The predicted octanol–water partition coefficient (Wildman–Crippen LogP) is 0.548. The van der Waals surface area contributed by atoms with Crippen molar-refractivity contribution in [3.8, 4) is 5.82 Å². The summed E-state index contributed by atoms with van der Waals surface area (Å²) in [6.45, 7) is 3.01. The molecule has 0 unspecified atom stereocenters. The van der Waals surface area contributed by atoms with Crippen molar-refractivity contribution in [2.75, 3.05) is 26.2 Å². The largest absolute Gasteiger partial charge is 0.390 e. The molecule has 0 radical (unpaired) electrons. The van der Waals surface area contributed by atoms with Gasteiger partial charge in [0.15, 0.2) is 5.82 Å². The number of hydrogen-bond donors (Lipinski definition) is 1. The van der Waals surface area contributed by atoms with E-state index in [1.807, 2.05) is 6.07 Å². The average Bonchev–Trinajstić information content (AvgIpc) is 3.35. The number of hydrogen-bond acceptors (Lipinski definition) is 5. The molecule has 2 aliphatic rings. The zero-order chi connectivity index (χ0) is 16.5. The summed E-state index contributed by atoms with van der Waals surface area (Å²) in [7, 11) is 0. The maximum atomic E-state index is 12.7. The van der Waals surface area contributed by atoms with Gasteiger partial charge < -0.3 is 10.0 Å². The highest BCUT2D eigenvalue weighted by Gasteiger charge is 2.38. The first-order valence-electron chi connectivity index (χ1n) is 8.40. The molecule has 2 fully saturated rings. The van der Waals surface area contributed by atoms with Crippen LogP contribution in [0.3, 0.4) is 0 Å². The predicted molar refractivity (Wildman–Crippen MR) is 87.9 cm³/mol. The molecule has 126 valence electrons. The summed E-state index contributed by atoms with van der Waals surface area (Å²) >= 11 is 0. The van der Waals surface area contributed by atoms with Crippen LogP contribution in [0.15, 0.2) is 36.8 Å². The first-order valence-corrected chi connectivity index (χ1v) is 8.40. The molecule has 2 aromatic heterocycles. The minimum Gasteiger partial charge on any atom is -0.390 e. The molecule has 4 rings (SSSR count). The van der Waals surface area contributed by atoms with Crippen LogP contribution in [-0.4, -0.2) is 73.9 Å². The number of rotatable bonds is 3. The van der Waals surface area contributed by atoms with E-state index in [9.17, 15) is 9.90 Å². The molecule has 2 aromatic rings. The van der Waals surface area contributed by atoms with Gasteiger partial charge in [0.2, 0.25) is 0 Å². The van der Waals surface area contributed by atoms with E-state index in [0.29, 0.717) is 24.5 Å². The zero-order valence-corrected chi connectivity index (χ0v) is 13.5. The van der Waals surface area contributed by atoms with Gasteiger partial charge in [-0.3, -0.25) is 9.69 Å². The Labute approximate surface area is 140 Å². The Bertz CT molecular complexity index is 694. The lowest BCUT2D eigenvalue weighted by molar-refractivity contribution is 0.0763. The van der Waals surface area contributed by atoms with Gasteiger partial charge in [0.1, 0.15) is 0 Å². The monoisotopic (exact) mass is 327 g/mol. The van der Waals surface area contributed by atoms with Gasteiger partial charge in [-0.1, -0.05) is 0 Å². The molecule has 2 saturated heterocycles. The Morgan fingerprint density at radius 2 is 2.04 bits per heavy atom. The highest BCUT2D eigenvalue weighted by Crippen LogP contribution is 2.22. The van der Waals surface area contributed by atoms with E-state index >= 15 is 0 Å². The van der Waals surface area contributed by atoms with E-state index in [2.05, 4.69) is 15.0 Å². The lowest BCUT2D eigenvalue weighted by Gasteiger charge is -2.25. The Hall–Kier alpha value is -2.25. The summed E-state index contributed by atoms with van der Waals surface area (Å²) in [5, 5.41) is 14.4. The summed E-state index contributed by atoms with van der Waals surface area (Å²) in [6, 6.07) is 5.44. The highest BCUT2D eigenvalue weighted by atomic mass is 16.3. The van der Waals surface area contributed by atoms with E-state index in [0.717, 1.165) is 13.1 Å². The topological polar surface area (TPSA) is 74.5 Å². The number of amides is 1. The van der Waals surface area contributed by atoms with Crippen LogP contribution >= 0.6 is 0 Å². The van der Waals surface area contributed by atoms with E-state index in [1.54, 1.807) is 40.3 Å². The number of nitrogens with zero attached hydrogens (tertiary/aromatic N) is 5. The van der Waals surface area contributed by atoms with Crippen molar-refractivity contribution in [1.82, 2.24) is 24.6 Å². The molecule has 0 aromatic carbocycles. The summed E-state index contributed by atoms with van der Waals surface area (Å²) in [5.74, 6) is 0.600. The third kappa shape index (κ3) is 2.81. The van der Waals surface area contributed by atoms with Gasteiger partial charge >= 0.3 is 0 Å². The van der Waals surface area contributed by atoms with Gasteiger partial charge in [-0.2, -0.15) is 5.10 Å². The molecular formula is C17H21N5O2. The van der Waals surface area contributed by atoms with E-state index < -0.39 is 6.10 Å². The van der Waals surface area contributed by atoms with Gasteiger partial charge in [0, 0.05) is 31.7 Å². The van der Waals surface area contributed by atoms with Crippen molar-refractivity contribution in [3.63, 3.8) is 0 Å². The standard InChI is InChI=1S/C17H21N5O2/c23-15-12-21(11-14(15)20-7-1-2-8-20)17(24)13-4-5-16(18-10-13)22-9-3-6-19-22/h3-6,9-10,14-15,23H,1-2,7-8,11-12H2/t14-,15-/m1/s1. The van der Waals surface area contributed by atoms with Crippen LogP contribution < -0.4 is 0 Å². The van der Waals surface area contributed by atoms with E-state index in [4.69, 9.17) is 0 Å². The quantitative estimate of drug-likeness (QED) is 0.891. The Morgan fingerprint density at radius 1 is 1.21 bits per heavy atom. The van der Waals surface area contributed by atoms with Crippen molar-refractivity contribution in [2.45, 2.75) is 25.0 Å². The molecule has 2 aliphatic heterocycles. The third-order valence-electron chi connectivity index (χ3n) is 4.89. The molecule has 7 nitrogen and oxygen atoms in total. The number of pyridine rings is 1. The van der Waals surface area contributed by atoms with Crippen molar-refractivity contribution in [1.29, 1.82) is 0 Å². The number of carbonyl (C=O) groups excluding carboxylic acids is 1. The van der Waals surface area contributed by atoms with E-state index in [-0.39, 0.29) is 11.9 Å². The molecule has 0 bridgehead atoms. The fourth-order valence-corrected chi connectivity index (χ4v) is 3.60. The number of β-amino-alcohol motifs (C(OH)–C–C–N with tert-alkyl or cyclic N) is 1. The summed E-state index contributed by atoms with van der Waals surface area (Å²) in [6.07, 6.45) is 6.95. The second kappa shape index (κ2) is 6.33. The van der Waals surface area contributed by atoms with Crippen LogP contribution in [0.2, 0.25) is 0 Å². The van der Waals surface area contributed by atoms with Gasteiger partial charge in [0.25, 0.3) is 5.91 Å². The fourth-order valence-electron chi connectivity index (χ4n) is 3.60. The SMILES string of the molecule is O=C(c1ccc(-n2cccn2)nc1)N1C[C@@H](O)[C@H](N2CCCC2)C1. The molecule has 0 spiro atoms. The molecular weight excluding hydrogens is 306 g/mol. The van der Waals surface area contributed by atoms with Crippen molar-refractivity contribution < 1.29 is 9.90 Å². The second-order valence-electron chi connectivity index (χ2n) is 6.44. The van der Waals surface area contributed by atoms with Crippen LogP contribution in [-0.2, 0) is 0 Å². The van der Waals surface area contributed by atoms with Crippen molar-refractivity contribution in [3.05, 3.63) is 42.4 Å². The Balaban J connectivity index is 1.46. The second-order valence-corrected chi connectivity index (χ2v) is 6.44. The summed E-state index contributed by atoms with van der Waals surface area (Å²) in [4.78, 5) is 21.0. The first-order chi connectivity index (χ1) is 11.7. The smallest absolute Gasteiger partial charge is 0.255 e. The Kier molecular flexibility index (Phi) is 4.03. The molecule has 7 heteroatoms. The molecule has 0 saturated carbocycles. The third-order valence-corrected chi connectivity index (χ3v) is 4.89. The van der Waals surface area contributed by atoms with Gasteiger partial charge in [0.05, 0.1) is 17.7 Å². The van der Waals surface area contributed by atoms with Crippen LogP contribution in [0.1, 0.15) is 23.2 Å². The van der Waals surface area contributed by atoms with Crippen molar-refractivity contribution in [2.24, 2.45) is 0 Å². The normalized spacial score (nSPS) is 24.6. The lowest BCUT2D eigenvalue weighted by Crippen LogP contribution is -2.41. The fraction of sp³-hybridized carbons (Fsp3) is 0.471. The maximum Gasteiger partial charge on any atom is 0.255 e. The summed E-state index contributed by atoms with van der Waals surface area (Å²) in [5.41, 5.74) is 0.542. The van der Waals surface area contributed by atoms with Gasteiger partial charge in [-0.05, 0) is 44.1 Å². The highest BCUT2D eigenvalue weighted by molar-refractivity contribution is 5.94. The first kappa shape index (κ1) is 15.3. The van der Waals surface area contributed by atoms with Gasteiger partial charge in [-0.15, -0.1) is 0 Å². The molecule has 0 aliphatic carbocycles. The average molecular weight is 327 g/mol. The van der Waals surface area contributed by atoms with Crippen LogP contribution in [0.4, 0.5) is 0 Å². The van der Waals surface area contributed by atoms with Crippen LogP contribution in [0, 0.1) is 0 Å². The molecule has 2 atom stereocenters. The van der Waals surface area contributed by atoms with Crippen molar-refractivity contribution >= 4 is 5.91 Å². The van der Waals surface area contributed by atoms with Gasteiger partial charge in [-0.25, -0.2) is 9.67 Å². The van der Waals surface area contributed by atoms with Crippen LogP contribution in [0.5, 0.6) is 0 Å². The molecule has 24 heavy (non-hydrogen) atoms. The van der Waals surface area contributed by atoms with E-state index in [1.165, 1.54) is 12.8 Å². The summed E-state index contributed by atoms with van der Waals surface area (Å²) < 4.78 is 1.65. The maximum absolute atomic E-state index is 12.7. The minimum absolute atomic E-state index is 0.0627. The number of aliphatic hydroxyl groups excluding tert-OH is 1. The number of likely N-dealkylation sites (tertiary alicyclic amines) is 2. The Morgan fingerprint density at radius 3 is 2.71 bits per heavy atom. The lowest BCUT2D eigenvalue weighted by atomic mass is 10.2.